The van der Waals surface area contributed by atoms with Crippen LogP contribution in [0.5, 0.6) is 5.75 Å². The first-order valence-corrected chi connectivity index (χ1v) is 5.00. The first-order valence-electron chi connectivity index (χ1n) is 5.00. The predicted molar refractivity (Wildman–Crippen MR) is 54.3 cm³/mol. The van der Waals surface area contributed by atoms with Gasteiger partial charge in [-0.05, 0) is 23.6 Å². The molecule has 1 aliphatic heterocycles. The summed E-state index contributed by atoms with van der Waals surface area (Å²) in [6.07, 6.45) is 1.85. The van der Waals surface area contributed by atoms with Gasteiger partial charge in [0, 0.05) is 6.42 Å². The SMILES string of the molecule is CCC(C#N)c1ccc2c(c1)CCO2. The van der Waals surface area contributed by atoms with Crippen LogP contribution in [0.1, 0.15) is 30.4 Å². The zero-order valence-electron chi connectivity index (χ0n) is 8.29. The standard InChI is InChI=1S/C12H13NO/c1-2-9(8-13)10-3-4-12-11(7-10)5-6-14-12/h3-4,7,9H,2,5-6H2,1H3. The van der Waals surface area contributed by atoms with Crippen molar-refractivity contribution in [2.75, 3.05) is 6.61 Å². The summed E-state index contributed by atoms with van der Waals surface area (Å²) in [6.45, 7) is 2.82. The molecule has 1 aromatic carbocycles. The highest BCUT2D eigenvalue weighted by atomic mass is 16.5. The van der Waals surface area contributed by atoms with E-state index in [1.54, 1.807) is 0 Å². The molecule has 1 unspecified atom stereocenters. The van der Waals surface area contributed by atoms with Crippen LogP contribution in [0.15, 0.2) is 18.2 Å². The molecule has 14 heavy (non-hydrogen) atoms. The van der Waals surface area contributed by atoms with Crippen LogP contribution in [0.4, 0.5) is 0 Å². The summed E-state index contributed by atoms with van der Waals surface area (Å²) in [7, 11) is 0. The van der Waals surface area contributed by atoms with E-state index in [1.165, 1.54) is 5.56 Å². The minimum atomic E-state index is 0.0286. The number of nitrogens with zero attached hydrogens (tertiary/aromatic N) is 1. The van der Waals surface area contributed by atoms with Gasteiger partial charge in [-0.25, -0.2) is 0 Å². The van der Waals surface area contributed by atoms with Gasteiger partial charge in [0.1, 0.15) is 5.75 Å². The maximum absolute atomic E-state index is 8.95. The monoisotopic (exact) mass is 187 g/mol. The van der Waals surface area contributed by atoms with E-state index < -0.39 is 0 Å². The Labute approximate surface area is 84.1 Å². The van der Waals surface area contributed by atoms with Crippen molar-refractivity contribution in [2.24, 2.45) is 0 Å². The molecule has 2 heteroatoms. The molecule has 0 aliphatic carbocycles. The quantitative estimate of drug-likeness (QED) is 0.713. The predicted octanol–water partition coefficient (Wildman–Crippen LogP) is 2.64. The Kier molecular flexibility index (Phi) is 2.41. The minimum Gasteiger partial charge on any atom is -0.493 e. The van der Waals surface area contributed by atoms with Crippen LogP contribution in [-0.2, 0) is 6.42 Å². The molecule has 1 aromatic rings. The second kappa shape index (κ2) is 3.71. The van der Waals surface area contributed by atoms with Gasteiger partial charge >= 0.3 is 0 Å². The van der Waals surface area contributed by atoms with Crippen LogP contribution < -0.4 is 4.74 Å². The van der Waals surface area contributed by atoms with Gasteiger partial charge in [0.25, 0.3) is 0 Å². The van der Waals surface area contributed by atoms with Crippen molar-refractivity contribution < 1.29 is 4.74 Å². The average Bonchev–Trinajstić information content (AvgIpc) is 2.66. The van der Waals surface area contributed by atoms with Gasteiger partial charge in [0.15, 0.2) is 0 Å². The summed E-state index contributed by atoms with van der Waals surface area (Å²) < 4.78 is 5.42. The summed E-state index contributed by atoms with van der Waals surface area (Å²) in [6, 6.07) is 8.41. The smallest absolute Gasteiger partial charge is 0.122 e. The van der Waals surface area contributed by atoms with Gasteiger partial charge in [-0.3, -0.25) is 0 Å². The number of nitriles is 1. The van der Waals surface area contributed by atoms with Crippen LogP contribution in [0.3, 0.4) is 0 Å². The molecule has 0 saturated carbocycles. The molecule has 0 aromatic heterocycles. The molecule has 0 N–H and O–H groups in total. The van der Waals surface area contributed by atoms with Crippen molar-refractivity contribution in [3.8, 4) is 11.8 Å². The van der Waals surface area contributed by atoms with Gasteiger partial charge in [0.05, 0.1) is 18.6 Å². The second-order valence-corrected chi connectivity index (χ2v) is 3.56. The molecule has 0 bridgehead atoms. The maximum Gasteiger partial charge on any atom is 0.122 e. The van der Waals surface area contributed by atoms with E-state index in [1.807, 2.05) is 19.1 Å². The number of hydrogen-bond donors (Lipinski definition) is 0. The molecule has 0 amide bonds. The molecule has 1 aliphatic rings. The molecule has 1 atom stereocenters. The highest BCUT2D eigenvalue weighted by Crippen LogP contribution is 2.29. The van der Waals surface area contributed by atoms with E-state index in [9.17, 15) is 0 Å². The maximum atomic E-state index is 8.95. The molecule has 0 radical (unpaired) electrons. The summed E-state index contributed by atoms with van der Waals surface area (Å²) >= 11 is 0. The Morgan fingerprint density at radius 2 is 2.43 bits per heavy atom. The molecule has 1 heterocycles. The average molecular weight is 187 g/mol. The van der Waals surface area contributed by atoms with E-state index >= 15 is 0 Å². The Balaban J connectivity index is 2.33. The molecule has 0 saturated heterocycles. The third-order valence-electron chi connectivity index (χ3n) is 2.68. The van der Waals surface area contributed by atoms with E-state index in [2.05, 4.69) is 12.1 Å². The topological polar surface area (TPSA) is 33.0 Å². The van der Waals surface area contributed by atoms with Crippen molar-refractivity contribution in [1.82, 2.24) is 0 Å². The van der Waals surface area contributed by atoms with Crippen LogP contribution in [0.25, 0.3) is 0 Å². The van der Waals surface area contributed by atoms with Gasteiger partial charge in [-0.15, -0.1) is 0 Å². The van der Waals surface area contributed by atoms with E-state index in [0.29, 0.717) is 0 Å². The van der Waals surface area contributed by atoms with Crippen molar-refractivity contribution in [2.45, 2.75) is 25.7 Å². The molecule has 0 spiro atoms. The van der Waals surface area contributed by atoms with E-state index in [0.717, 1.165) is 30.8 Å². The van der Waals surface area contributed by atoms with Gasteiger partial charge in [-0.2, -0.15) is 5.26 Å². The fourth-order valence-electron chi connectivity index (χ4n) is 1.82. The first kappa shape index (κ1) is 9.08. The lowest BCUT2D eigenvalue weighted by Crippen LogP contribution is -1.94. The van der Waals surface area contributed by atoms with Gasteiger partial charge in [-0.1, -0.05) is 19.1 Å². The van der Waals surface area contributed by atoms with Gasteiger partial charge in [0.2, 0.25) is 0 Å². The van der Waals surface area contributed by atoms with E-state index in [-0.39, 0.29) is 5.92 Å². The van der Waals surface area contributed by atoms with E-state index in [4.69, 9.17) is 10.00 Å². The van der Waals surface area contributed by atoms with Crippen molar-refractivity contribution in [3.05, 3.63) is 29.3 Å². The second-order valence-electron chi connectivity index (χ2n) is 3.56. The minimum absolute atomic E-state index is 0.0286. The Bertz CT molecular complexity index is 378. The Hall–Kier alpha value is -1.49. The van der Waals surface area contributed by atoms with Crippen LogP contribution >= 0.6 is 0 Å². The Morgan fingerprint density at radius 1 is 1.57 bits per heavy atom. The van der Waals surface area contributed by atoms with Crippen molar-refractivity contribution >= 4 is 0 Å². The zero-order chi connectivity index (χ0) is 9.97. The molecule has 2 nitrogen and oxygen atoms in total. The highest BCUT2D eigenvalue weighted by molar-refractivity contribution is 5.42. The highest BCUT2D eigenvalue weighted by Gasteiger charge is 2.15. The third-order valence-corrected chi connectivity index (χ3v) is 2.68. The first-order chi connectivity index (χ1) is 6.85. The lowest BCUT2D eigenvalue weighted by Gasteiger charge is -2.07. The van der Waals surface area contributed by atoms with Crippen LogP contribution in [0, 0.1) is 11.3 Å². The molecular formula is C12H13NO. The number of ether oxygens (including phenoxy) is 1. The van der Waals surface area contributed by atoms with Crippen molar-refractivity contribution in [3.63, 3.8) is 0 Å². The lowest BCUT2D eigenvalue weighted by atomic mass is 9.96. The normalized spacial score (nSPS) is 15.4. The summed E-state index contributed by atoms with van der Waals surface area (Å²) in [5, 5.41) is 8.95. The summed E-state index contributed by atoms with van der Waals surface area (Å²) in [5.74, 6) is 1.02. The number of fused-ring (bicyclic) bond motifs is 1. The summed E-state index contributed by atoms with van der Waals surface area (Å²) in [5.41, 5.74) is 2.37. The lowest BCUT2D eigenvalue weighted by molar-refractivity contribution is 0.357. The largest absolute Gasteiger partial charge is 0.493 e. The molecular weight excluding hydrogens is 174 g/mol. The van der Waals surface area contributed by atoms with Crippen LogP contribution in [0.2, 0.25) is 0 Å². The number of hydrogen-bond acceptors (Lipinski definition) is 2. The molecule has 72 valence electrons. The summed E-state index contributed by atoms with van der Waals surface area (Å²) in [4.78, 5) is 0. The van der Waals surface area contributed by atoms with Crippen molar-refractivity contribution in [1.29, 1.82) is 5.26 Å². The molecule has 2 rings (SSSR count). The fourth-order valence-corrected chi connectivity index (χ4v) is 1.82. The number of rotatable bonds is 2. The zero-order valence-corrected chi connectivity index (χ0v) is 8.29. The Morgan fingerprint density at radius 3 is 3.14 bits per heavy atom. The fraction of sp³-hybridized carbons (Fsp3) is 0.417. The van der Waals surface area contributed by atoms with Crippen LogP contribution in [-0.4, -0.2) is 6.61 Å². The van der Waals surface area contributed by atoms with Gasteiger partial charge < -0.3 is 4.74 Å². The number of benzene rings is 1. The third kappa shape index (κ3) is 1.46. The molecule has 0 fully saturated rings.